The average molecular weight is 301 g/mol. The highest BCUT2D eigenvalue weighted by Gasteiger charge is 2.23. The third-order valence-electron chi connectivity index (χ3n) is 4.10. The van der Waals surface area contributed by atoms with Crippen molar-refractivity contribution in [3.05, 3.63) is 34.6 Å². The van der Waals surface area contributed by atoms with Gasteiger partial charge in [0.05, 0.1) is 5.39 Å². The molecule has 1 unspecified atom stereocenters. The second kappa shape index (κ2) is 6.23. The summed E-state index contributed by atoms with van der Waals surface area (Å²) in [7, 11) is 1.90. The monoisotopic (exact) mass is 301 g/mol. The molecule has 0 saturated carbocycles. The first-order valence-corrected chi connectivity index (χ1v) is 7.46. The van der Waals surface area contributed by atoms with Crippen molar-refractivity contribution < 1.29 is 4.79 Å². The first-order chi connectivity index (χ1) is 10.7. The summed E-state index contributed by atoms with van der Waals surface area (Å²) in [4.78, 5) is 26.5. The van der Waals surface area contributed by atoms with E-state index in [2.05, 4.69) is 15.6 Å². The molecule has 1 N–H and O–H groups in total. The van der Waals surface area contributed by atoms with Crippen LogP contribution in [0, 0.1) is 0 Å². The van der Waals surface area contributed by atoms with E-state index in [4.69, 9.17) is 0 Å². The summed E-state index contributed by atoms with van der Waals surface area (Å²) in [6.07, 6.45) is 2.03. The number of piperidine rings is 1. The summed E-state index contributed by atoms with van der Waals surface area (Å²) in [5.41, 5.74) is 0.269. The molecule has 1 saturated heterocycles. The van der Waals surface area contributed by atoms with Crippen molar-refractivity contribution in [2.24, 2.45) is 0 Å². The molecule has 1 aromatic carbocycles. The van der Waals surface area contributed by atoms with Crippen molar-refractivity contribution in [3.8, 4) is 0 Å². The van der Waals surface area contributed by atoms with Gasteiger partial charge in [-0.15, -0.1) is 5.10 Å². The third-order valence-corrected chi connectivity index (χ3v) is 4.10. The summed E-state index contributed by atoms with van der Waals surface area (Å²) in [6, 6.07) is 7.33. The highest BCUT2D eigenvalue weighted by Crippen LogP contribution is 2.10. The van der Waals surface area contributed by atoms with E-state index in [1.807, 2.05) is 7.05 Å². The van der Waals surface area contributed by atoms with Crippen LogP contribution in [0.15, 0.2) is 29.1 Å². The number of nitrogens with one attached hydrogen (secondary N) is 1. The Morgan fingerprint density at radius 3 is 3.05 bits per heavy atom. The molecule has 2 heterocycles. The van der Waals surface area contributed by atoms with E-state index in [0.29, 0.717) is 23.5 Å². The van der Waals surface area contributed by atoms with Crippen LogP contribution in [0.4, 0.5) is 0 Å². The van der Waals surface area contributed by atoms with Crippen molar-refractivity contribution in [2.45, 2.75) is 25.4 Å². The lowest BCUT2D eigenvalue weighted by Gasteiger charge is -2.32. The number of amides is 1. The second-order valence-corrected chi connectivity index (χ2v) is 5.54. The number of likely N-dealkylation sites (tertiary alicyclic amines) is 1. The molecular formula is C15H19N5O2. The number of fused-ring (bicyclic) bond motifs is 1. The zero-order chi connectivity index (χ0) is 15.5. The zero-order valence-electron chi connectivity index (χ0n) is 12.5. The van der Waals surface area contributed by atoms with Crippen LogP contribution in [-0.4, -0.2) is 52.0 Å². The summed E-state index contributed by atoms with van der Waals surface area (Å²) < 4.78 is 1.15. The van der Waals surface area contributed by atoms with Crippen LogP contribution in [0.25, 0.3) is 10.9 Å². The highest BCUT2D eigenvalue weighted by molar-refractivity contribution is 5.78. The summed E-state index contributed by atoms with van der Waals surface area (Å²) >= 11 is 0. The van der Waals surface area contributed by atoms with Crippen LogP contribution in [0.1, 0.15) is 12.8 Å². The molecule has 7 nitrogen and oxygen atoms in total. The molecule has 2 aromatic rings. The number of aromatic nitrogens is 3. The van der Waals surface area contributed by atoms with Gasteiger partial charge in [0.1, 0.15) is 12.1 Å². The number of likely N-dealkylation sites (N-methyl/N-ethyl adjacent to an activating group) is 1. The van der Waals surface area contributed by atoms with E-state index in [1.165, 1.54) is 0 Å². The summed E-state index contributed by atoms with van der Waals surface area (Å²) in [5, 5.41) is 11.6. The zero-order valence-corrected chi connectivity index (χ0v) is 12.5. The Balaban J connectivity index is 1.79. The minimum atomic E-state index is -0.277. The van der Waals surface area contributed by atoms with Gasteiger partial charge in [-0.25, -0.2) is 4.68 Å². The Hall–Kier alpha value is -2.28. The van der Waals surface area contributed by atoms with E-state index in [0.717, 1.165) is 24.1 Å². The van der Waals surface area contributed by atoms with E-state index in [1.54, 1.807) is 29.2 Å². The molecule has 1 fully saturated rings. The highest BCUT2D eigenvalue weighted by atomic mass is 16.2. The number of rotatable bonds is 3. The Bertz CT molecular complexity index is 742. The minimum Gasteiger partial charge on any atom is -0.340 e. The first kappa shape index (κ1) is 14.6. The molecule has 0 aliphatic carbocycles. The second-order valence-electron chi connectivity index (χ2n) is 5.54. The van der Waals surface area contributed by atoms with Crippen molar-refractivity contribution in [3.63, 3.8) is 0 Å². The molecule has 1 amide bonds. The van der Waals surface area contributed by atoms with Crippen LogP contribution >= 0.6 is 0 Å². The van der Waals surface area contributed by atoms with E-state index in [9.17, 15) is 9.59 Å². The van der Waals surface area contributed by atoms with Crippen molar-refractivity contribution in [1.82, 2.24) is 25.2 Å². The quantitative estimate of drug-likeness (QED) is 0.863. The Kier molecular flexibility index (Phi) is 4.15. The average Bonchev–Trinajstić information content (AvgIpc) is 2.57. The van der Waals surface area contributed by atoms with Gasteiger partial charge in [-0.2, -0.15) is 0 Å². The SMILES string of the molecule is CNC1CCCN(C(=O)Cn2nnc3ccccc3c2=O)C1. The molecule has 116 valence electrons. The molecule has 0 radical (unpaired) electrons. The number of carbonyl (C=O) groups is 1. The largest absolute Gasteiger partial charge is 0.340 e. The van der Waals surface area contributed by atoms with Crippen molar-refractivity contribution in [2.75, 3.05) is 20.1 Å². The number of hydrogen-bond donors (Lipinski definition) is 1. The standard InChI is InChI=1S/C15H19N5O2/c1-16-11-5-4-8-19(9-11)14(21)10-20-15(22)12-6-2-3-7-13(12)17-18-20/h2-3,6-7,11,16H,4-5,8-10H2,1H3. The molecule has 1 aliphatic rings. The van der Waals surface area contributed by atoms with Gasteiger partial charge in [0, 0.05) is 19.1 Å². The van der Waals surface area contributed by atoms with E-state index in [-0.39, 0.29) is 18.0 Å². The third kappa shape index (κ3) is 2.85. The predicted molar refractivity (Wildman–Crippen MR) is 82.5 cm³/mol. The van der Waals surface area contributed by atoms with Crippen LogP contribution < -0.4 is 10.9 Å². The number of nitrogens with zero attached hydrogens (tertiary/aromatic N) is 4. The normalized spacial score (nSPS) is 18.6. The van der Waals surface area contributed by atoms with Gasteiger partial charge in [-0.05, 0) is 32.0 Å². The topological polar surface area (TPSA) is 80.1 Å². The smallest absolute Gasteiger partial charge is 0.278 e. The van der Waals surface area contributed by atoms with Gasteiger partial charge < -0.3 is 10.2 Å². The van der Waals surface area contributed by atoms with Gasteiger partial charge in [0.2, 0.25) is 5.91 Å². The molecule has 7 heteroatoms. The molecule has 0 bridgehead atoms. The summed E-state index contributed by atoms with van der Waals surface area (Å²) in [5.74, 6) is -0.0911. The van der Waals surface area contributed by atoms with Gasteiger partial charge in [-0.3, -0.25) is 9.59 Å². The van der Waals surface area contributed by atoms with Crippen LogP contribution in [0.2, 0.25) is 0 Å². The molecule has 1 aromatic heterocycles. The Morgan fingerprint density at radius 1 is 1.41 bits per heavy atom. The van der Waals surface area contributed by atoms with Crippen LogP contribution in [0.3, 0.4) is 0 Å². The molecule has 1 atom stereocenters. The van der Waals surface area contributed by atoms with Crippen molar-refractivity contribution in [1.29, 1.82) is 0 Å². The maximum atomic E-state index is 12.4. The fourth-order valence-electron chi connectivity index (χ4n) is 2.79. The van der Waals surface area contributed by atoms with Crippen LogP contribution in [-0.2, 0) is 11.3 Å². The summed E-state index contributed by atoms with van der Waals surface area (Å²) in [6.45, 7) is 1.34. The van der Waals surface area contributed by atoms with E-state index >= 15 is 0 Å². The number of hydrogen-bond acceptors (Lipinski definition) is 5. The van der Waals surface area contributed by atoms with Gasteiger partial charge in [0.25, 0.3) is 5.56 Å². The van der Waals surface area contributed by atoms with Gasteiger partial charge in [-0.1, -0.05) is 17.3 Å². The lowest BCUT2D eigenvalue weighted by molar-refractivity contribution is -0.133. The first-order valence-electron chi connectivity index (χ1n) is 7.46. The van der Waals surface area contributed by atoms with Crippen molar-refractivity contribution >= 4 is 16.8 Å². The molecule has 22 heavy (non-hydrogen) atoms. The molecule has 0 spiro atoms. The number of benzene rings is 1. The maximum absolute atomic E-state index is 12.4. The van der Waals surface area contributed by atoms with Gasteiger partial charge >= 0.3 is 0 Å². The minimum absolute atomic E-state index is 0.0624. The molecule has 3 rings (SSSR count). The van der Waals surface area contributed by atoms with Gasteiger partial charge in [0.15, 0.2) is 0 Å². The number of carbonyl (C=O) groups excluding carboxylic acids is 1. The maximum Gasteiger partial charge on any atom is 0.278 e. The lowest BCUT2D eigenvalue weighted by Crippen LogP contribution is -2.48. The fraction of sp³-hybridized carbons (Fsp3) is 0.467. The lowest BCUT2D eigenvalue weighted by atomic mass is 10.1. The predicted octanol–water partition coefficient (Wildman–Crippen LogP) is 0.00190. The Labute approximate surface area is 127 Å². The molecule has 1 aliphatic heterocycles. The van der Waals surface area contributed by atoms with E-state index < -0.39 is 0 Å². The fourth-order valence-corrected chi connectivity index (χ4v) is 2.79. The Morgan fingerprint density at radius 2 is 2.23 bits per heavy atom. The molecular weight excluding hydrogens is 282 g/mol. The van der Waals surface area contributed by atoms with Crippen LogP contribution in [0.5, 0.6) is 0 Å².